The number of para-hydroxylation sites is 1. The minimum Gasteiger partial charge on any atom is -0.496 e. The van der Waals surface area contributed by atoms with Crippen molar-refractivity contribution in [2.75, 3.05) is 45.4 Å². The number of anilines is 1. The van der Waals surface area contributed by atoms with E-state index in [0.717, 1.165) is 34.9 Å². The molecule has 1 aliphatic heterocycles. The number of amides is 1. The Balaban J connectivity index is 1.30. The third-order valence-corrected chi connectivity index (χ3v) is 6.08. The Morgan fingerprint density at radius 3 is 2.58 bits per heavy atom. The summed E-state index contributed by atoms with van der Waals surface area (Å²) < 4.78 is 22.8. The Bertz CT molecular complexity index is 1090. The highest BCUT2D eigenvalue weighted by Gasteiger charge is 2.36. The zero-order valence-corrected chi connectivity index (χ0v) is 20.8. The van der Waals surface area contributed by atoms with Crippen molar-refractivity contribution in [1.82, 2.24) is 10.3 Å². The zero-order valence-electron chi connectivity index (χ0n) is 20.8. The second kappa shape index (κ2) is 13.0. The van der Waals surface area contributed by atoms with Gasteiger partial charge in [-0.2, -0.15) is 0 Å². The lowest BCUT2D eigenvalue weighted by Gasteiger charge is -2.39. The van der Waals surface area contributed by atoms with Crippen LogP contribution in [0.15, 0.2) is 72.9 Å². The van der Waals surface area contributed by atoms with E-state index in [1.165, 1.54) is 0 Å². The molecule has 1 saturated heterocycles. The van der Waals surface area contributed by atoms with Crippen LogP contribution >= 0.6 is 0 Å². The van der Waals surface area contributed by atoms with Crippen molar-refractivity contribution in [3.63, 3.8) is 0 Å². The van der Waals surface area contributed by atoms with Gasteiger partial charge >= 0.3 is 0 Å². The Kier molecular flexibility index (Phi) is 9.27. The molecule has 2 aromatic carbocycles. The molecule has 0 aliphatic carbocycles. The molecule has 2 atom stereocenters. The van der Waals surface area contributed by atoms with Gasteiger partial charge in [0.15, 0.2) is 0 Å². The van der Waals surface area contributed by atoms with Crippen LogP contribution in [-0.2, 0) is 20.9 Å². The van der Waals surface area contributed by atoms with E-state index in [0.29, 0.717) is 26.4 Å². The molecule has 3 aromatic rings. The van der Waals surface area contributed by atoms with E-state index in [1.54, 1.807) is 25.3 Å². The molecular weight excluding hydrogens is 458 g/mol. The maximum Gasteiger partial charge on any atom is 0.241 e. The molecular formula is C28H33N3O5. The SMILES string of the molecule is COc1ccccc1COCCCOc1ccc(N2C(=O)CNC[C@@H]2C(OC)c2ccccn2)cc1. The lowest BCUT2D eigenvalue weighted by Crippen LogP contribution is -2.57. The van der Waals surface area contributed by atoms with Crippen LogP contribution in [-0.4, -0.2) is 57.5 Å². The number of benzene rings is 2. The molecule has 2 heterocycles. The fourth-order valence-electron chi connectivity index (χ4n) is 4.34. The van der Waals surface area contributed by atoms with E-state index in [2.05, 4.69) is 10.3 Å². The van der Waals surface area contributed by atoms with Crippen LogP contribution in [0.1, 0.15) is 23.8 Å². The first kappa shape index (κ1) is 25.6. The number of methoxy groups -OCH3 is 2. The molecule has 0 saturated carbocycles. The predicted molar refractivity (Wildman–Crippen MR) is 137 cm³/mol. The van der Waals surface area contributed by atoms with Gasteiger partial charge in [-0.1, -0.05) is 24.3 Å². The summed E-state index contributed by atoms with van der Waals surface area (Å²) >= 11 is 0. The van der Waals surface area contributed by atoms with Gasteiger partial charge in [-0.05, 0) is 42.5 Å². The van der Waals surface area contributed by atoms with E-state index in [1.807, 2.05) is 66.7 Å². The summed E-state index contributed by atoms with van der Waals surface area (Å²) in [5.41, 5.74) is 2.62. The number of rotatable bonds is 12. The Morgan fingerprint density at radius 1 is 1.03 bits per heavy atom. The van der Waals surface area contributed by atoms with E-state index in [-0.39, 0.29) is 24.6 Å². The normalized spacial score (nSPS) is 16.6. The van der Waals surface area contributed by atoms with Gasteiger partial charge in [-0.25, -0.2) is 0 Å². The summed E-state index contributed by atoms with van der Waals surface area (Å²) in [6, 6.07) is 20.9. The molecule has 4 rings (SSSR count). The van der Waals surface area contributed by atoms with Crippen molar-refractivity contribution in [1.29, 1.82) is 0 Å². The molecule has 8 heteroatoms. The first-order valence-corrected chi connectivity index (χ1v) is 12.1. The highest BCUT2D eigenvalue weighted by atomic mass is 16.5. The average Bonchev–Trinajstić information content (AvgIpc) is 2.92. The molecule has 36 heavy (non-hydrogen) atoms. The molecule has 1 amide bonds. The lowest BCUT2D eigenvalue weighted by molar-refractivity contribution is -0.120. The Hall–Kier alpha value is -3.46. The molecule has 1 aliphatic rings. The summed E-state index contributed by atoms with van der Waals surface area (Å²) in [4.78, 5) is 19.1. The van der Waals surface area contributed by atoms with Crippen LogP contribution in [0.3, 0.4) is 0 Å². The number of piperazine rings is 1. The second-order valence-electron chi connectivity index (χ2n) is 8.43. The van der Waals surface area contributed by atoms with Crippen LogP contribution in [0, 0.1) is 0 Å². The van der Waals surface area contributed by atoms with Gasteiger partial charge in [0.1, 0.15) is 17.6 Å². The summed E-state index contributed by atoms with van der Waals surface area (Å²) in [6.45, 7) is 2.50. The summed E-state index contributed by atoms with van der Waals surface area (Å²) in [5.74, 6) is 1.57. The topological polar surface area (TPSA) is 82.2 Å². The molecule has 190 valence electrons. The predicted octanol–water partition coefficient (Wildman–Crippen LogP) is 3.77. The average molecular weight is 492 g/mol. The number of hydrogen-bond acceptors (Lipinski definition) is 7. The fourth-order valence-corrected chi connectivity index (χ4v) is 4.34. The first-order chi connectivity index (χ1) is 17.7. The highest BCUT2D eigenvalue weighted by molar-refractivity contribution is 5.96. The van der Waals surface area contributed by atoms with E-state index >= 15 is 0 Å². The van der Waals surface area contributed by atoms with Crippen LogP contribution in [0.4, 0.5) is 5.69 Å². The summed E-state index contributed by atoms with van der Waals surface area (Å²) in [5, 5.41) is 3.20. The molecule has 1 N–H and O–H groups in total. The molecule has 1 fully saturated rings. The number of pyridine rings is 1. The van der Waals surface area contributed by atoms with Gasteiger partial charge in [0, 0.05) is 37.5 Å². The number of carbonyl (C=O) groups is 1. The molecule has 0 spiro atoms. The van der Waals surface area contributed by atoms with E-state index in [9.17, 15) is 4.79 Å². The van der Waals surface area contributed by atoms with Crippen LogP contribution < -0.4 is 19.7 Å². The number of hydrogen-bond donors (Lipinski definition) is 1. The van der Waals surface area contributed by atoms with Crippen molar-refractivity contribution in [3.8, 4) is 11.5 Å². The highest BCUT2D eigenvalue weighted by Crippen LogP contribution is 2.30. The number of carbonyl (C=O) groups excluding carboxylic acids is 1. The molecule has 0 bridgehead atoms. The van der Waals surface area contributed by atoms with Gasteiger partial charge in [0.2, 0.25) is 5.91 Å². The fraction of sp³-hybridized carbons (Fsp3) is 0.357. The Labute approximate surface area is 212 Å². The van der Waals surface area contributed by atoms with Crippen molar-refractivity contribution in [2.45, 2.75) is 25.2 Å². The minimum atomic E-state index is -0.352. The van der Waals surface area contributed by atoms with Gasteiger partial charge in [-0.3, -0.25) is 9.78 Å². The molecule has 8 nitrogen and oxygen atoms in total. The van der Waals surface area contributed by atoms with Gasteiger partial charge < -0.3 is 29.2 Å². The standard InChI is InChI=1S/C28H33N3O5/c1-33-26-10-4-3-8-21(26)20-35-16-7-17-36-23-13-11-22(12-14-23)31-25(18-29-19-27(31)32)28(34-2)24-9-5-6-15-30-24/h3-6,8-15,25,28-29H,7,16-20H2,1-2H3/t25-,28?/m1/s1. The molecule has 1 aromatic heterocycles. The number of ether oxygens (including phenoxy) is 4. The first-order valence-electron chi connectivity index (χ1n) is 12.1. The van der Waals surface area contributed by atoms with Gasteiger partial charge in [-0.15, -0.1) is 0 Å². The Morgan fingerprint density at radius 2 is 1.83 bits per heavy atom. The maximum atomic E-state index is 12.9. The maximum absolute atomic E-state index is 12.9. The number of aromatic nitrogens is 1. The number of nitrogens with one attached hydrogen (secondary N) is 1. The lowest BCUT2D eigenvalue weighted by atomic mass is 10.0. The van der Waals surface area contributed by atoms with Crippen LogP contribution in [0.25, 0.3) is 0 Å². The van der Waals surface area contributed by atoms with Gasteiger partial charge in [0.05, 0.1) is 45.2 Å². The zero-order chi connectivity index (χ0) is 25.2. The van der Waals surface area contributed by atoms with Crippen molar-refractivity contribution >= 4 is 11.6 Å². The van der Waals surface area contributed by atoms with Crippen LogP contribution in [0.5, 0.6) is 11.5 Å². The summed E-state index contributed by atoms with van der Waals surface area (Å²) in [6.07, 6.45) is 2.14. The monoisotopic (exact) mass is 491 g/mol. The number of nitrogens with zero attached hydrogens (tertiary/aromatic N) is 2. The molecule has 1 unspecified atom stereocenters. The third kappa shape index (κ3) is 6.40. The van der Waals surface area contributed by atoms with Crippen LogP contribution in [0.2, 0.25) is 0 Å². The van der Waals surface area contributed by atoms with E-state index < -0.39 is 0 Å². The quantitative estimate of drug-likeness (QED) is 0.386. The van der Waals surface area contributed by atoms with Crippen molar-refractivity contribution < 1.29 is 23.7 Å². The smallest absolute Gasteiger partial charge is 0.241 e. The minimum absolute atomic E-state index is 0.00917. The third-order valence-electron chi connectivity index (χ3n) is 6.08. The van der Waals surface area contributed by atoms with Gasteiger partial charge in [0.25, 0.3) is 0 Å². The summed E-state index contributed by atoms with van der Waals surface area (Å²) in [7, 11) is 3.31. The molecule has 0 radical (unpaired) electrons. The van der Waals surface area contributed by atoms with E-state index in [4.69, 9.17) is 18.9 Å². The van der Waals surface area contributed by atoms with Crippen molar-refractivity contribution in [3.05, 3.63) is 84.2 Å². The second-order valence-corrected chi connectivity index (χ2v) is 8.43. The largest absolute Gasteiger partial charge is 0.496 e. The van der Waals surface area contributed by atoms with Crippen molar-refractivity contribution in [2.24, 2.45) is 0 Å².